The molecule has 0 saturated carbocycles. The first-order chi connectivity index (χ1) is 10.1. The largest absolute Gasteiger partial charge is 0.384 e. The first-order valence-corrected chi connectivity index (χ1v) is 7.72. The Morgan fingerprint density at radius 3 is 2.81 bits per heavy atom. The van der Waals surface area contributed by atoms with E-state index < -0.39 is 0 Å². The molecule has 2 heterocycles. The van der Waals surface area contributed by atoms with Gasteiger partial charge in [-0.15, -0.1) is 11.3 Å². The van der Waals surface area contributed by atoms with Crippen molar-refractivity contribution in [2.45, 2.75) is 6.42 Å². The van der Waals surface area contributed by atoms with Crippen molar-refractivity contribution in [3.05, 3.63) is 40.7 Å². The van der Waals surface area contributed by atoms with Crippen LogP contribution in [0.15, 0.2) is 35.8 Å². The number of amides is 1. The van der Waals surface area contributed by atoms with Gasteiger partial charge < -0.3 is 15.5 Å². The fourth-order valence-corrected chi connectivity index (χ4v) is 2.41. The van der Waals surface area contributed by atoms with E-state index in [9.17, 15) is 4.79 Å². The molecule has 21 heavy (non-hydrogen) atoms. The van der Waals surface area contributed by atoms with Crippen molar-refractivity contribution in [1.82, 2.24) is 9.88 Å². The number of nitrogens with zero attached hydrogens (tertiary/aromatic N) is 2. The van der Waals surface area contributed by atoms with Crippen molar-refractivity contribution in [3.63, 3.8) is 0 Å². The van der Waals surface area contributed by atoms with Crippen molar-refractivity contribution in [1.29, 1.82) is 0 Å². The lowest BCUT2D eigenvalue weighted by molar-refractivity contribution is 0.103. The number of carbonyl (C=O) groups is 1. The van der Waals surface area contributed by atoms with Crippen LogP contribution in [0, 0.1) is 0 Å². The van der Waals surface area contributed by atoms with Gasteiger partial charge in [0.1, 0.15) is 5.82 Å². The number of pyridine rings is 1. The molecule has 0 aliphatic carbocycles. The minimum absolute atomic E-state index is 0.121. The Morgan fingerprint density at radius 2 is 2.19 bits per heavy atom. The number of thiophene rings is 1. The summed E-state index contributed by atoms with van der Waals surface area (Å²) in [5, 5.41) is 7.97. The maximum atomic E-state index is 11.9. The Labute approximate surface area is 129 Å². The summed E-state index contributed by atoms with van der Waals surface area (Å²) in [5.74, 6) is 0.441. The van der Waals surface area contributed by atoms with E-state index in [-0.39, 0.29) is 5.91 Å². The summed E-state index contributed by atoms with van der Waals surface area (Å²) >= 11 is 1.41. The third-order valence-electron chi connectivity index (χ3n) is 2.86. The lowest BCUT2D eigenvalue weighted by atomic mass is 10.3. The Morgan fingerprint density at radius 1 is 1.33 bits per heavy atom. The molecule has 0 atom stereocenters. The van der Waals surface area contributed by atoms with Crippen LogP contribution < -0.4 is 10.6 Å². The number of rotatable bonds is 7. The van der Waals surface area contributed by atoms with E-state index in [1.54, 1.807) is 18.3 Å². The maximum Gasteiger partial charge on any atom is 0.266 e. The molecule has 6 heteroatoms. The number of carbonyl (C=O) groups excluding carboxylic acids is 1. The van der Waals surface area contributed by atoms with E-state index in [0.29, 0.717) is 10.7 Å². The van der Waals surface area contributed by atoms with Crippen LogP contribution in [0.4, 0.5) is 11.5 Å². The van der Waals surface area contributed by atoms with Gasteiger partial charge in [0.15, 0.2) is 0 Å². The molecule has 5 nitrogen and oxygen atoms in total. The molecule has 0 aromatic carbocycles. The van der Waals surface area contributed by atoms with Crippen LogP contribution in [0.25, 0.3) is 0 Å². The SMILES string of the molecule is CN(C)CCCNc1ccc(NC(=O)c2cccs2)nc1. The van der Waals surface area contributed by atoms with Crippen molar-refractivity contribution in [2.75, 3.05) is 37.8 Å². The highest BCUT2D eigenvalue weighted by atomic mass is 32.1. The number of hydrogen-bond donors (Lipinski definition) is 2. The van der Waals surface area contributed by atoms with E-state index >= 15 is 0 Å². The van der Waals surface area contributed by atoms with Gasteiger partial charge in [-0.1, -0.05) is 6.07 Å². The molecular weight excluding hydrogens is 284 g/mol. The average molecular weight is 304 g/mol. The summed E-state index contributed by atoms with van der Waals surface area (Å²) < 4.78 is 0. The topological polar surface area (TPSA) is 57.3 Å². The number of nitrogens with one attached hydrogen (secondary N) is 2. The summed E-state index contributed by atoms with van der Waals surface area (Å²) in [7, 11) is 4.12. The van der Waals surface area contributed by atoms with Crippen molar-refractivity contribution in [3.8, 4) is 0 Å². The zero-order valence-electron chi connectivity index (χ0n) is 12.3. The van der Waals surface area contributed by atoms with Crippen LogP contribution in [0.1, 0.15) is 16.1 Å². The lowest BCUT2D eigenvalue weighted by Crippen LogP contribution is -2.16. The summed E-state index contributed by atoms with van der Waals surface area (Å²) in [6, 6.07) is 7.38. The number of hydrogen-bond acceptors (Lipinski definition) is 5. The number of anilines is 2. The zero-order valence-corrected chi connectivity index (χ0v) is 13.1. The molecule has 0 fully saturated rings. The van der Waals surface area contributed by atoms with Crippen molar-refractivity contribution >= 4 is 28.7 Å². The predicted octanol–water partition coefficient (Wildman–Crippen LogP) is 2.76. The monoisotopic (exact) mass is 304 g/mol. The predicted molar refractivity (Wildman–Crippen MR) is 88.2 cm³/mol. The zero-order chi connectivity index (χ0) is 15.1. The summed E-state index contributed by atoms with van der Waals surface area (Å²) in [6.45, 7) is 1.95. The minimum atomic E-state index is -0.121. The van der Waals surface area contributed by atoms with Crippen LogP contribution in [0.3, 0.4) is 0 Å². The third-order valence-corrected chi connectivity index (χ3v) is 3.73. The van der Waals surface area contributed by atoms with Crippen LogP contribution in [0.5, 0.6) is 0 Å². The quantitative estimate of drug-likeness (QED) is 0.772. The maximum absolute atomic E-state index is 11.9. The highest BCUT2D eigenvalue weighted by Gasteiger charge is 2.07. The lowest BCUT2D eigenvalue weighted by Gasteiger charge is -2.10. The second-order valence-electron chi connectivity index (χ2n) is 4.95. The smallest absolute Gasteiger partial charge is 0.266 e. The van der Waals surface area contributed by atoms with Gasteiger partial charge in [0, 0.05) is 6.54 Å². The first kappa shape index (κ1) is 15.5. The molecule has 2 rings (SSSR count). The van der Waals surface area contributed by atoms with E-state index in [0.717, 1.165) is 25.2 Å². The molecule has 112 valence electrons. The minimum Gasteiger partial charge on any atom is -0.384 e. The normalized spacial score (nSPS) is 10.6. The van der Waals surface area contributed by atoms with Gasteiger partial charge in [-0.25, -0.2) is 4.98 Å². The van der Waals surface area contributed by atoms with Gasteiger partial charge in [-0.3, -0.25) is 4.79 Å². The van der Waals surface area contributed by atoms with Crippen LogP contribution in [0.2, 0.25) is 0 Å². The van der Waals surface area contributed by atoms with Crippen LogP contribution >= 0.6 is 11.3 Å². The number of aromatic nitrogens is 1. The second kappa shape index (κ2) is 7.75. The van der Waals surface area contributed by atoms with Gasteiger partial charge in [0.05, 0.1) is 16.8 Å². The highest BCUT2D eigenvalue weighted by molar-refractivity contribution is 7.12. The Hall–Kier alpha value is -1.92. The first-order valence-electron chi connectivity index (χ1n) is 6.84. The van der Waals surface area contributed by atoms with Crippen molar-refractivity contribution in [2.24, 2.45) is 0 Å². The molecule has 0 aliphatic heterocycles. The van der Waals surface area contributed by atoms with Gasteiger partial charge in [-0.2, -0.15) is 0 Å². The fraction of sp³-hybridized carbons (Fsp3) is 0.333. The van der Waals surface area contributed by atoms with Gasteiger partial charge in [0.25, 0.3) is 5.91 Å². The average Bonchev–Trinajstić information content (AvgIpc) is 2.99. The molecule has 2 aromatic rings. The molecule has 2 N–H and O–H groups in total. The molecule has 0 unspecified atom stereocenters. The van der Waals surface area contributed by atoms with E-state index in [4.69, 9.17) is 0 Å². The van der Waals surface area contributed by atoms with E-state index in [2.05, 4.69) is 34.6 Å². The summed E-state index contributed by atoms with van der Waals surface area (Å²) in [6.07, 6.45) is 2.81. The Balaban J connectivity index is 1.80. The molecule has 0 aliphatic rings. The van der Waals surface area contributed by atoms with Gasteiger partial charge >= 0.3 is 0 Å². The molecule has 0 radical (unpaired) electrons. The summed E-state index contributed by atoms with van der Waals surface area (Å²) in [5.41, 5.74) is 0.961. The third kappa shape index (κ3) is 5.17. The standard InChI is InChI=1S/C15H20N4OS/c1-19(2)9-4-8-16-12-6-7-14(17-11-12)18-15(20)13-5-3-10-21-13/h3,5-7,10-11,16H,4,8-9H2,1-2H3,(H,17,18,20). The molecular formula is C15H20N4OS. The second-order valence-corrected chi connectivity index (χ2v) is 5.89. The molecule has 0 saturated heterocycles. The Bertz CT molecular complexity index is 552. The molecule has 0 spiro atoms. The van der Waals surface area contributed by atoms with Crippen LogP contribution in [-0.4, -0.2) is 43.0 Å². The van der Waals surface area contributed by atoms with Gasteiger partial charge in [0.2, 0.25) is 0 Å². The fourth-order valence-electron chi connectivity index (χ4n) is 1.79. The van der Waals surface area contributed by atoms with Gasteiger partial charge in [-0.05, 0) is 50.6 Å². The summed E-state index contributed by atoms with van der Waals surface area (Å²) in [4.78, 5) is 19.0. The Kier molecular flexibility index (Phi) is 5.71. The van der Waals surface area contributed by atoms with E-state index in [1.807, 2.05) is 17.5 Å². The molecule has 0 bridgehead atoms. The van der Waals surface area contributed by atoms with Crippen LogP contribution in [-0.2, 0) is 0 Å². The molecule has 1 amide bonds. The van der Waals surface area contributed by atoms with E-state index in [1.165, 1.54) is 11.3 Å². The molecule has 2 aromatic heterocycles. The highest BCUT2D eigenvalue weighted by Crippen LogP contribution is 2.13. The van der Waals surface area contributed by atoms with Crippen molar-refractivity contribution < 1.29 is 4.79 Å².